The van der Waals surface area contributed by atoms with Gasteiger partial charge in [0.2, 0.25) is 0 Å². The van der Waals surface area contributed by atoms with Crippen LogP contribution in [0.1, 0.15) is 30.0 Å². The molecular formula is C17H18N4O4. The maximum atomic E-state index is 12.2. The summed E-state index contributed by atoms with van der Waals surface area (Å²) in [5.74, 6) is -0.368. The number of rotatable bonds is 6. The van der Waals surface area contributed by atoms with Crippen molar-refractivity contribution in [1.29, 1.82) is 0 Å². The molecule has 1 N–H and O–H groups in total. The lowest BCUT2D eigenvalue weighted by Gasteiger charge is -2.13. The molecule has 0 spiro atoms. The molecule has 0 radical (unpaired) electrons. The van der Waals surface area contributed by atoms with E-state index in [4.69, 9.17) is 9.15 Å². The lowest BCUT2D eigenvalue weighted by Crippen LogP contribution is -2.35. The zero-order valence-corrected chi connectivity index (χ0v) is 13.9. The number of ether oxygens (including phenoxy) is 1. The Labute approximate surface area is 143 Å². The van der Waals surface area contributed by atoms with Crippen LogP contribution in [0.5, 0.6) is 0 Å². The molecule has 1 atom stereocenters. The Morgan fingerprint density at radius 2 is 2.20 bits per heavy atom. The summed E-state index contributed by atoms with van der Waals surface area (Å²) >= 11 is 0. The highest BCUT2D eigenvalue weighted by Crippen LogP contribution is 2.15. The summed E-state index contributed by atoms with van der Waals surface area (Å²) < 4.78 is 12.1. The van der Waals surface area contributed by atoms with Crippen LogP contribution in [-0.4, -0.2) is 33.0 Å². The van der Waals surface area contributed by atoms with Crippen LogP contribution in [-0.2, 0) is 22.6 Å². The first-order valence-electron chi connectivity index (χ1n) is 7.92. The minimum Gasteiger partial charge on any atom is -0.467 e. The highest BCUT2D eigenvalue weighted by atomic mass is 16.5. The third-order valence-corrected chi connectivity index (χ3v) is 3.72. The van der Waals surface area contributed by atoms with Crippen molar-refractivity contribution < 1.29 is 18.7 Å². The Bertz CT molecular complexity index is 885. The maximum Gasteiger partial charge on any atom is 0.338 e. The Hall–Kier alpha value is -3.16. The molecule has 3 aromatic rings. The Kier molecular flexibility index (Phi) is 4.78. The van der Waals surface area contributed by atoms with E-state index in [9.17, 15) is 9.59 Å². The summed E-state index contributed by atoms with van der Waals surface area (Å²) in [6.07, 6.45) is 0.597. The van der Waals surface area contributed by atoms with E-state index in [1.165, 1.54) is 13.2 Å². The standard InChI is InChI=1S/C17H18N4O4/c1-3-21-15-7-6-12(9-14(15)19-20-21)17(23)25-11(2)16(22)18-10-13-5-4-8-24-13/h4-9,11H,3,10H2,1-2H3,(H,18,22)/t11-/m0/s1. The van der Waals surface area contributed by atoms with Gasteiger partial charge in [-0.1, -0.05) is 5.21 Å². The van der Waals surface area contributed by atoms with Crippen molar-refractivity contribution in [3.63, 3.8) is 0 Å². The van der Waals surface area contributed by atoms with Gasteiger partial charge >= 0.3 is 5.97 Å². The van der Waals surface area contributed by atoms with Gasteiger partial charge in [-0.15, -0.1) is 5.10 Å². The third kappa shape index (κ3) is 3.68. The number of furan rings is 1. The molecule has 2 aromatic heterocycles. The molecule has 3 rings (SSSR count). The summed E-state index contributed by atoms with van der Waals surface area (Å²) in [6.45, 7) is 4.40. The molecule has 0 saturated carbocycles. The minimum absolute atomic E-state index is 0.236. The topological polar surface area (TPSA) is 99.3 Å². The van der Waals surface area contributed by atoms with Gasteiger partial charge in [0.1, 0.15) is 11.3 Å². The predicted octanol–water partition coefficient (Wildman–Crippen LogP) is 1.91. The van der Waals surface area contributed by atoms with Crippen LogP contribution < -0.4 is 5.32 Å². The predicted molar refractivity (Wildman–Crippen MR) is 88.6 cm³/mol. The summed E-state index contributed by atoms with van der Waals surface area (Å²) in [7, 11) is 0. The van der Waals surface area contributed by atoms with Gasteiger partial charge < -0.3 is 14.5 Å². The van der Waals surface area contributed by atoms with Crippen LogP contribution >= 0.6 is 0 Å². The molecule has 0 aliphatic carbocycles. The number of amides is 1. The van der Waals surface area contributed by atoms with E-state index in [-0.39, 0.29) is 6.54 Å². The molecular weight excluding hydrogens is 324 g/mol. The van der Waals surface area contributed by atoms with Crippen molar-refractivity contribution in [2.24, 2.45) is 0 Å². The molecule has 1 amide bonds. The molecule has 8 heteroatoms. The second-order valence-corrected chi connectivity index (χ2v) is 5.45. The van der Waals surface area contributed by atoms with Crippen LogP contribution in [0.4, 0.5) is 0 Å². The van der Waals surface area contributed by atoms with Crippen molar-refractivity contribution >= 4 is 22.9 Å². The number of nitrogens with one attached hydrogen (secondary N) is 1. The van der Waals surface area contributed by atoms with Crippen LogP contribution in [0, 0.1) is 0 Å². The second kappa shape index (κ2) is 7.16. The molecule has 25 heavy (non-hydrogen) atoms. The highest BCUT2D eigenvalue weighted by Gasteiger charge is 2.19. The van der Waals surface area contributed by atoms with Gasteiger partial charge in [-0.2, -0.15) is 0 Å². The third-order valence-electron chi connectivity index (χ3n) is 3.72. The lowest BCUT2D eigenvalue weighted by molar-refractivity contribution is -0.129. The van der Waals surface area contributed by atoms with Crippen LogP contribution in [0.3, 0.4) is 0 Å². The fourth-order valence-corrected chi connectivity index (χ4v) is 2.35. The van der Waals surface area contributed by atoms with Crippen molar-refractivity contribution in [2.75, 3.05) is 0 Å². The number of carbonyl (C=O) groups excluding carboxylic acids is 2. The highest BCUT2D eigenvalue weighted by molar-refractivity contribution is 5.95. The zero-order valence-electron chi connectivity index (χ0n) is 13.9. The van der Waals surface area contributed by atoms with E-state index in [0.717, 1.165) is 5.52 Å². The quantitative estimate of drug-likeness (QED) is 0.687. The van der Waals surface area contributed by atoms with Crippen LogP contribution in [0.15, 0.2) is 41.0 Å². The van der Waals surface area contributed by atoms with Gasteiger partial charge in [-0.3, -0.25) is 4.79 Å². The molecule has 0 unspecified atom stereocenters. The van der Waals surface area contributed by atoms with Crippen molar-refractivity contribution in [1.82, 2.24) is 20.3 Å². The number of nitrogens with zero attached hydrogens (tertiary/aromatic N) is 3. The van der Waals surface area contributed by atoms with Gasteiger partial charge in [0.05, 0.1) is 23.9 Å². The molecule has 1 aromatic carbocycles. The van der Waals surface area contributed by atoms with Crippen LogP contribution in [0.2, 0.25) is 0 Å². The van der Waals surface area contributed by atoms with Gasteiger partial charge in [0, 0.05) is 6.54 Å². The van der Waals surface area contributed by atoms with Gasteiger partial charge in [0.15, 0.2) is 6.10 Å². The Morgan fingerprint density at radius 3 is 2.92 bits per heavy atom. The first-order chi connectivity index (χ1) is 12.1. The van der Waals surface area contributed by atoms with E-state index in [2.05, 4.69) is 15.6 Å². The molecule has 0 aliphatic heterocycles. The molecule has 0 bridgehead atoms. The first-order valence-corrected chi connectivity index (χ1v) is 7.92. The van der Waals surface area contributed by atoms with E-state index < -0.39 is 18.0 Å². The number of aromatic nitrogens is 3. The average molecular weight is 342 g/mol. The molecule has 0 aliphatic rings. The summed E-state index contributed by atoms with van der Waals surface area (Å²) in [5.41, 5.74) is 1.76. The van der Waals surface area contributed by atoms with Gasteiger partial charge in [0.25, 0.3) is 5.91 Å². The summed E-state index contributed by atoms with van der Waals surface area (Å²) in [5, 5.41) is 10.7. The SMILES string of the molecule is CCn1nnc2cc(C(=O)O[C@@H](C)C(=O)NCc3ccco3)ccc21. The molecule has 8 nitrogen and oxygen atoms in total. The fourth-order valence-electron chi connectivity index (χ4n) is 2.35. The van der Waals surface area contributed by atoms with E-state index in [1.807, 2.05) is 6.92 Å². The number of hydrogen-bond acceptors (Lipinski definition) is 6. The monoisotopic (exact) mass is 342 g/mol. The van der Waals surface area contributed by atoms with E-state index in [1.54, 1.807) is 35.0 Å². The van der Waals surface area contributed by atoms with E-state index in [0.29, 0.717) is 23.4 Å². The molecule has 2 heterocycles. The molecule has 0 saturated heterocycles. The smallest absolute Gasteiger partial charge is 0.338 e. The minimum atomic E-state index is -0.926. The normalized spacial score (nSPS) is 12.1. The number of fused-ring (bicyclic) bond motifs is 1. The Morgan fingerprint density at radius 1 is 1.36 bits per heavy atom. The first kappa shape index (κ1) is 16.7. The number of esters is 1. The second-order valence-electron chi connectivity index (χ2n) is 5.45. The zero-order chi connectivity index (χ0) is 17.8. The largest absolute Gasteiger partial charge is 0.467 e. The molecule has 0 fully saturated rings. The lowest BCUT2D eigenvalue weighted by atomic mass is 10.2. The Balaban J connectivity index is 1.61. The summed E-state index contributed by atoms with van der Waals surface area (Å²) in [4.78, 5) is 24.2. The van der Waals surface area contributed by atoms with Gasteiger partial charge in [-0.25, -0.2) is 9.48 Å². The van der Waals surface area contributed by atoms with Crippen molar-refractivity contribution in [3.05, 3.63) is 47.9 Å². The van der Waals surface area contributed by atoms with Gasteiger partial charge in [-0.05, 0) is 44.2 Å². The number of hydrogen-bond donors (Lipinski definition) is 1. The molecule has 130 valence electrons. The number of carbonyl (C=O) groups is 2. The van der Waals surface area contributed by atoms with E-state index >= 15 is 0 Å². The van der Waals surface area contributed by atoms with Crippen LogP contribution in [0.25, 0.3) is 11.0 Å². The summed E-state index contributed by atoms with van der Waals surface area (Å²) in [6, 6.07) is 8.47. The van der Waals surface area contributed by atoms with Crippen molar-refractivity contribution in [3.8, 4) is 0 Å². The average Bonchev–Trinajstić information content (AvgIpc) is 3.28. The number of aryl methyl sites for hydroxylation is 1. The maximum absolute atomic E-state index is 12.2. The fraction of sp³-hybridized carbons (Fsp3) is 0.294. The van der Waals surface area contributed by atoms with Crippen molar-refractivity contribution in [2.45, 2.75) is 33.0 Å². The number of benzene rings is 1.